The van der Waals surface area contributed by atoms with Crippen LogP contribution in [0.4, 0.5) is 5.69 Å². The Balaban J connectivity index is 1.55. The molecule has 0 radical (unpaired) electrons. The zero-order valence-electron chi connectivity index (χ0n) is 16.9. The molecule has 1 amide bonds. The summed E-state index contributed by atoms with van der Waals surface area (Å²) in [5, 5.41) is 2.79. The van der Waals surface area contributed by atoms with E-state index in [1.807, 2.05) is 30.3 Å². The standard InChI is InChI=1S/C25H21NO5/c1-29-21-13-11-20(12-14-21)26-24(27)23(17-7-3-2-4-8-17)31-25(28)19-15-18-9-5-6-10-22(18)30-16-19/h2-15,23H,16H2,1H3,(H,26,27). The third-order valence-corrected chi connectivity index (χ3v) is 4.82. The van der Waals surface area contributed by atoms with Crippen molar-refractivity contribution >= 4 is 23.6 Å². The Morgan fingerprint density at radius 2 is 1.65 bits per heavy atom. The summed E-state index contributed by atoms with van der Waals surface area (Å²) in [6.07, 6.45) is 0.610. The van der Waals surface area contributed by atoms with Crippen LogP contribution >= 0.6 is 0 Å². The topological polar surface area (TPSA) is 73.9 Å². The largest absolute Gasteiger partial charge is 0.497 e. The van der Waals surface area contributed by atoms with Gasteiger partial charge in [0.2, 0.25) is 6.10 Å². The van der Waals surface area contributed by atoms with Gasteiger partial charge in [0, 0.05) is 16.8 Å². The van der Waals surface area contributed by atoms with E-state index < -0.39 is 18.0 Å². The maximum absolute atomic E-state index is 13.0. The predicted octanol–water partition coefficient (Wildman–Crippen LogP) is 4.39. The number of rotatable bonds is 6. The van der Waals surface area contributed by atoms with E-state index in [4.69, 9.17) is 14.2 Å². The number of ether oxygens (including phenoxy) is 3. The highest BCUT2D eigenvalue weighted by Crippen LogP contribution is 2.28. The van der Waals surface area contributed by atoms with E-state index in [1.165, 1.54) is 0 Å². The molecular weight excluding hydrogens is 394 g/mol. The summed E-state index contributed by atoms with van der Waals surface area (Å²) in [5.74, 6) is 0.320. The summed E-state index contributed by atoms with van der Waals surface area (Å²) in [4.78, 5) is 25.9. The maximum atomic E-state index is 13.0. The van der Waals surface area contributed by atoms with Gasteiger partial charge in [0.1, 0.15) is 18.1 Å². The molecule has 0 aromatic heterocycles. The van der Waals surface area contributed by atoms with Crippen molar-refractivity contribution in [3.8, 4) is 11.5 Å². The second kappa shape index (κ2) is 9.17. The van der Waals surface area contributed by atoms with Crippen LogP contribution in [0, 0.1) is 0 Å². The molecule has 0 fully saturated rings. The Morgan fingerprint density at radius 3 is 2.39 bits per heavy atom. The van der Waals surface area contributed by atoms with E-state index in [9.17, 15) is 9.59 Å². The Morgan fingerprint density at radius 1 is 0.935 bits per heavy atom. The third-order valence-electron chi connectivity index (χ3n) is 4.82. The van der Waals surface area contributed by atoms with Gasteiger partial charge < -0.3 is 19.5 Å². The summed E-state index contributed by atoms with van der Waals surface area (Å²) < 4.78 is 16.4. The number of amides is 1. The highest BCUT2D eigenvalue weighted by atomic mass is 16.6. The van der Waals surface area contributed by atoms with Gasteiger partial charge in [-0.3, -0.25) is 4.79 Å². The van der Waals surface area contributed by atoms with Crippen molar-refractivity contribution in [3.05, 3.63) is 95.6 Å². The minimum atomic E-state index is -1.12. The number of esters is 1. The van der Waals surface area contributed by atoms with E-state index in [0.29, 0.717) is 28.3 Å². The number of fused-ring (bicyclic) bond motifs is 1. The summed E-state index contributed by atoms with van der Waals surface area (Å²) in [6.45, 7) is 0.0808. The zero-order valence-corrected chi connectivity index (χ0v) is 16.9. The van der Waals surface area contributed by atoms with Crippen LogP contribution in [0.2, 0.25) is 0 Å². The number of carbonyl (C=O) groups is 2. The molecule has 156 valence electrons. The molecule has 6 heteroatoms. The highest BCUT2D eigenvalue weighted by molar-refractivity contribution is 6.00. The van der Waals surface area contributed by atoms with Gasteiger partial charge in [0.25, 0.3) is 5.91 Å². The van der Waals surface area contributed by atoms with Gasteiger partial charge in [-0.2, -0.15) is 0 Å². The summed E-state index contributed by atoms with van der Waals surface area (Å²) >= 11 is 0. The Hall–Kier alpha value is -4.06. The monoisotopic (exact) mass is 415 g/mol. The van der Waals surface area contributed by atoms with Crippen molar-refractivity contribution in [1.82, 2.24) is 0 Å². The minimum absolute atomic E-state index is 0.0808. The first-order chi connectivity index (χ1) is 15.1. The smallest absolute Gasteiger partial charge is 0.338 e. The molecule has 0 aliphatic carbocycles. The molecule has 0 saturated carbocycles. The molecular formula is C25H21NO5. The number of anilines is 1. The molecule has 1 aliphatic heterocycles. The first kappa shape index (κ1) is 20.2. The van der Waals surface area contributed by atoms with Gasteiger partial charge in [-0.25, -0.2) is 4.79 Å². The molecule has 0 spiro atoms. The first-order valence-electron chi connectivity index (χ1n) is 9.77. The van der Waals surface area contributed by atoms with Crippen molar-refractivity contribution in [2.75, 3.05) is 19.0 Å². The number of hydrogen-bond donors (Lipinski definition) is 1. The van der Waals surface area contributed by atoms with Gasteiger partial charge in [0.05, 0.1) is 12.7 Å². The quantitative estimate of drug-likeness (QED) is 0.605. The Labute approximate surface area is 180 Å². The van der Waals surface area contributed by atoms with Crippen LogP contribution in [0.1, 0.15) is 17.2 Å². The predicted molar refractivity (Wildman–Crippen MR) is 117 cm³/mol. The average molecular weight is 415 g/mol. The Bertz CT molecular complexity index is 1110. The van der Waals surface area contributed by atoms with Gasteiger partial charge in [-0.05, 0) is 36.4 Å². The molecule has 1 unspecified atom stereocenters. The lowest BCUT2D eigenvalue weighted by atomic mass is 10.1. The number of para-hydroxylation sites is 1. The van der Waals surface area contributed by atoms with Gasteiger partial charge >= 0.3 is 5.97 Å². The summed E-state index contributed by atoms with van der Waals surface area (Å²) in [5.41, 5.74) is 2.27. The molecule has 4 rings (SSSR count). The van der Waals surface area contributed by atoms with Crippen LogP contribution in [0.15, 0.2) is 84.4 Å². The third kappa shape index (κ3) is 4.75. The van der Waals surface area contributed by atoms with Crippen molar-refractivity contribution in [3.63, 3.8) is 0 Å². The van der Waals surface area contributed by atoms with Gasteiger partial charge in [-0.15, -0.1) is 0 Å². The molecule has 1 heterocycles. The number of methoxy groups -OCH3 is 1. The van der Waals surface area contributed by atoms with Crippen LogP contribution in [0.3, 0.4) is 0 Å². The van der Waals surface area contributed by atoms with Crippen LogP contribution in [-0.4, -0.2) is 25.6 Å². The van der Waals surface area contributed by atoms with E-state index in [1.54, 1.807) is 61.7 Å². The SMILES string of the molecule is COc1ccc(NC(=O)C(OC(=O)C2=Cc3ccccc3OC2)c2ccccc2)cc1. The van der Waals surface area contributed by atoms with Gasteiger partial charge in [0.15, 0.2) is 0 Å². The summed E-state index contributed by atoms with van der Waals surface area (Å²) in [6, 6.07) is 23.2. The van der Waals surface area contributed by atoms with E-state index >= 15 is 0 Å². The molecule has 1 N–H and O–H groups in total. The number of benzene rings is 3. The second-order valence-corrected chi connectivity index (χ2v) is 6.91. The van der Waals surface area contributed by atoms with E-state index in [2.05, 4.69) is 5.32 Å². The number of hydrogen-bond acceptors (Lipinski definition) is 5. The molecule has 0 saturated heterocycles. The van der Waals surface area contributed by atoms with Crippen LogP contribution in [0.5, 0.6) is 11.5 Å². The lowest BCUT2D eigenvalue weighted by Gasteiger charge is -2.21. The average Bonchev–Trinajstić information content (AvgIpc) is 2.83. The highest BCUT2D eigenvalue weighted by Gasteiger charge is 2.28. The first-order valence-corrected chi connectivity index (χ1v) is 9.77. The molecule has 31 heavy (non-hydrogen) atoms. The van der Waals surface area contributed by atoms with Crippen molar-refractivity contribution in [2.45, 2.75) is 6.10 Å². The second-order valence-electron chi connectivity index (χ2n) is 6.91. The van der Waals surface area contributed by atoms with Gasteiger partial charge in [-0.1, -0.05) is 48.5 Å². The fourth-order valence-corrected chi connectivity index (χ4v) is 3.20. The maximum Gasteiger partial charge on any atom is 0.338 e. The molecule has 1 atom stereocenters. The molecule has 6 nitrogen and oxygen atoms in total. The lowest BCUT2D eigenvalue weighted by Crippen LogP contribution is -2.27. The van der Waals surface area contributed by atoms with Crippen LogP contribution in [-0.2, 0) is 14.3 Å². The zero-order chi connectivity index (χ0) is 21.6. The van der Waals surface area contributed by atoms with E-state index in [0.717, 1.165) is 5.56 Å². The molecule has 3 aromatic carbocycles. The van der Waals surface area contributed by atoms with Crippen molar-refractivity contribution in [1.29, 1.82) is 0 Å². The number of carbonyl (C=O) groups excluding carboxylic acids is 2. The van der Waals surface area contributed by atoms with Crippen LogP contribution < -0.4 is 14.8 Å². The van der Waals surface area contributed by atoms with Crippen molar-refractivity contribution < 1.29 is 23.8 Å². The van der Waals surface area contributed by atoms with E-state index in [-0.39, 0.29) is 6.61 Å². The molecule has 1 aliphatic rings. The number of nitrogens with one attached hydrogen (secondary N) is 1. The molecule has 0 bridgehead atoms. The van der Waals surface area contributed by atoms with Crippen molar-refractivity contribution in [2.24, 2.45) is 0 Å². The Kier molecular flexibility index (Phi) is 5.98. The molecule has 3 aromatic rings. The fourth-order valence-electron chi connectivity index (χ4n) is 3.20. The summed E-state index contributed by atoms with van der Waals surface area (Å²) in [7, 11) is 1.57. The lowest BCUT2D eigenvalue weighted by molar-refractivity contribution is -0.151. The fraction of sp³-hybridized carbons (Fsp3) is 0.120. The minimum Gasteiger partial charge on any atom is -0.497 e. The van der Waals surface area contributed by atoms with Crippen LogP contribution in [0.25, 0.3) is 6.08 Å². The normalized spacial score (nSPS) is 13.1.